The number of hydrogen-bond acceptors (Lipinski definition) is 7. The molecule has 2 saturated heterocycles. The molecule has 1 aromatic carbocycles. The number of benzene rings is 1. The van der Waals surface area contributed by atoms with Gasteiger partial charge in [0, 0.05) is 44.3 Å². The fourth-order valence-electron chi connectivity index (χ4n) is 6.45. The number of likely N-dealkylation sites (tertiary alicyclic amines) is 2. The molecule has 1 aliphatic carbocycles. The molecular formula is C29H42N6O3S. The van der Waals surface area contributed by atoms with Crippen molar-refractivity contribution in [3.05, 3.63) is 53.5 Å². The van der Waals surface area contributed by atoms with E-state index >= 15 is 0 Å². The Morgan fingerprint density at radius 3 is 2.33 bits per heavy atom. The van der Waals surface area contributed by atoms with Crippen LogP contribution in [0.5, 0.6) is 0 Å². The highest BCUT2D eigenvalue weighted by Crippen LogP contribution is 2.41. The van der Waals surface area contributed by atoms with E-state index in [4.69, 9.17) is 0 Å². The van der Waals surface area contributed by atoms with Crippen LogP contribution in [0.25, 0.3) is 0 Å². The second-order valence-electron chi connectivity index (χ2n) is 11.6. The predicted molar refractivity (Wildman–Crippen MR) is 153 cm³/mol. The summed E-state index contributed by atoms with van der Waals surface area (Å²) in [5, 5.41) is 3.49. The Labute approximate surface area is 233 Å². The second-order valence-corrected chi connectivity index (χ2v) is 13.6. The maximum absolute atomic E-state index is 13.4. The van der Waals surface area contributed by atoms with E-state index in [0.29, 0.717) is 36.7 Å². The number of hydrogen-bond donors (Lipinski definition) is 1. The first-order chi connectivity index (χ1) is 18.7. The maximum atomic E-state index is 13.4. The third-order valence-corrected chi connectivity index (χ3v) is 10.5. The minimum absolute atomic E-state index is 0.0160. The average Bonchev–Trinajstić information content (AvgIpc) is 2.92. The summed E-state index contributed by atoms with van der Waals surface area (Å²) in [5.74, 6) is 2.00. The van der Waals surface area contributed by atoms with Crippen molar-refractivity contribution >= 4 is 21.7 Å². The lowest BCUT2D eigenvalue weighted by atomic mass is 9.71. The highest BCUT2D eigenvalue weighted by atomic mass is 32.2. The van der Waals surface area contributed by atoms with E-state index < -0.39 is 10.0 Å². The number of piperidine rings is 2. The third kappa shape index (κ3) is 6.44. The summed E-state index contributed by atoms with van der Waals surface area (Å²) in [6, 6.07) is 11.2. The van der Waals surface area contributed by atoms with E-state index in [1.165, 1.54) is 35.3 Å². The van der Waals surface area contributed by atoms with Crippen LogP contribution in [0, 0.1) is 12.8 Å². The van der Waals surface area contributed by atoms with E-state index in [-0.39, 0.29) is 11.9 Å². The Morgan fingerprint density at radius 2 is 1.69 bits per heavy atom. The molecule has 212 valence electrons. The summed E-state index contributed by atoms with van der Waals surface area (Å²) in [6.07, 6.45) is 8.69. The van der Waals surface area contributed by atoms with Gasteiger partial charge in [0.05, 0.1) is 6.26 Å². The average molecular weight is 555 g/mol. The molecule has 9 nitrogen and oxygen atoms in total. The number of carbonyl (C=O) groups is 1. The minimum atomic E-state index is -3.16. The number of carbonyl (C=O) groups excluding carboxylic acids is 1. The minimum Gasteiger partial charge on any atom is -0.369 e. The van der Waals surface area contributed by atoms with Gasteiger partial charge in [-0.1, -0.05) is 30.3 Å². The fraction of sp³-hybridized carbons (Fsp3) is 0.621. The third-order valence-electron chi connectivity index (χ3n) is 9.16. The molecule has 1 saturated carbocycles. The summed E-state index contributed by atoms with van der Waals surface area (Å²) in [7, 11) is -1.47. The summed E-state index contributed by atoms with van der Waals surface area (Å²) in [5.41, 5.74) is 2.74. The molecule has 3 fully saturated rings. The zero-order valence-electron chi connectivity index (χ0n) is 23.4. The SMILES string of the molecule is Cc1c(NCC2CC(c3ccccc3)C2)ncnc1C(=O)N1CCC(N2CCC(N(C)S(C)(=O)=O)CC2)CC1. The Morgan fingerprint density at radius 1 is 1.03 bits per heavy atom. The van der Waals surface area contributed by atoms with Gasteiger partial charge in [-0.25, -0.2) is 22.7 Å². The van der Waals surface area contributed by atoms with Crippen molar-refractivity contribution in [3.63, 3.8) is 0 Å². The standard InChI is InChI=1S/C29H42N6O3S/c1-21-27(31-20-32-28(21)30-19-22-17-24(18-22)23-7-5-4-6-8-23)29(36)35-15-11-26(12-16-35)34-13-9-25(10-14-34)33(2)39(3,37)38/h4-8,20,22,24-26H,9-19H2,1-3H3,(H,30,31,32). The zero-order chi connectivity index (χ0) is 27.6. The van der Waals surface area contributed by atoms with Crippen LogP contribution >= 0.6 is 0 Å². The molecule has 0 bridgehead atoms. The topological polar surface area (TPSA) is 98.7 Å². The van der Waals surface area contributed by atoms with Gasteiger partial charge in [-0.05, 0) is 75.9 Å². The van der Waals surface area contributed by atoms with Crippen molar-refractivity contribution in [2.75, 3.05) is 51.3 Å². The monoisotopic (exact) mass is 554 g/mol. The molecule has 39 heavy (non-hydrogen) atoms. The van der Waals surface area contributed by atoms with E-state index in [9.17, 15) is 13.2 Å². The number of nitrogens with zero attached hydrogens (tertiary/aromatic N) is 5. The molecule has 0 atom stereocenters. The summed E-state index contributed by atoms with van der Waals surface area (Å²) in [6.45, 7) is 6.01. The van der Waals surface area contributed by atoms with Crippen molar-refractivity contribution in [2.45, 2.75) is 63.5 Å². The smallest absolute Gasteiger partial charge is 0.272 e. The largest absolute Gasteiger partial charge is 0.369 e. The fourth-order valence-corrected chi connectivity index (χ4v) is 7.21. The lowest BCUT2D eigenvalue weighted by Gasteiger charge is -2.43. The predicted octanol–water partition coefficient (Wildman–Crippen LogP) is 3.35. The number of sulfonamides is 1. The van der Waals surface area contributed by atoms with Crippen molar-refractivity contribution in [1.82, 2.24) is 24.1 Å². The van der Waals surface area contributed by atoms with Crippen molar-refractivity contribution in [1.29, 1.82) is 0 Å². The molecule has 1 amide bonds. The Balaban J connectivity index is 1.09. The van der Waals surface area contributed by atoms with Gasteiger partial charge in [0.25, 0.3) is 5.91 Å². The van der Waals surface area contributed by atoms with Crippen LogP contribution in [0.2, 0.25) is 0 Å². The highest BCUT2D eigenvalue weighted by Gasteiger charge is 2.34. The Hall–Kier alpha value is -2.56. The van der Waals surface area contributed by atoms with Crippen LogP contribution in [0.3, 0.4) is 0 Å². The van der Waals surface area contributed by atoms with Crippen LogP contribution < -0.4 is 5.32 Å². The normalized spacial score (nSPS) is 23.5. The van der Waals surface area contributed by atoms with Gasteiger partial charge < -0.3 is 15.1 Å². The molecule has 2 aromatic rings. The molecule has 0 unspecified atom stereocenters. The van der Waals surface area contributed by atoms with Crippen molar-refractivity contribution < 1.29 is 13.2 Å². The van der Waals surface area contributed by atoms with Crippen LogP contribution in [0.1, 0.15) is 66.1 Å². The van der Waals surface area contributed by atoms with Gasteiger partial charge in [0.1, 0.15) is 17.8 Å². The summed E-state index contributed by atoms with van der Waals surface area (Å²) in [4.78, 5) is 26.6. The van der Waals surface area contributed by atoms with Crippen molar-refractivity contribution in [2.24, 2.45) is 5.92 Å². The number of rotatable bonds is 8. The van der Waals surface area contributed by atoms with E-state index in [1.807, 2.05) is 11.8 Å². The van der Waals surface area contributed by atoms with Crippen LogP contribution in [-0.4, -0.2) is 96.5 Å². The molecule has 3 aliphatic rings. The second kappa shape index (κ2) is 11.9. The van der Waals surface area contributed by atoms with Gasteiger partial charge >= 0.3 is 0 Å². The maximum Gasteiger partial charge on any atom is 0.272 e. The lowest BCUT2D eigenvalue weighted by molar-refractivity contribution is 0.0542. The lowest BCUT2D eigenvalue weighted by Crippen LogP contribution is -2.52. The molecule has 1 aromatic heterocycles. The molecule has 2 aliphatic heterocycles. The van der Waals surface area contributed by atoms with Crippen LogP contribution in [0.4, 0.5) is 5.82 Å². The number of nitrogens with one attached hydrogen (secondary N) is 1. The van der Waals surface area contributed by atoms with Crippen LogP contribution in [-0.2, 0) is 10.0 Å². The van der Waals surface area contributed by atoms with E-state index in [1.54, 1.807) is 7.05 Å². The molecular weight excluding hydrogens is 512 g/mol. The van der Waals surface area contributed by atoms with Gasteiger partial charge in [-0.3, -0.25) is 4.79 Å². The first-order valence-electron chi connectivity index (χ1n) is 14.3. The number of amides is 1. The van der Waals surface area contributed by atoms with Crippen molar-refractivity contribution in [3.8, 4) is 0 Å². The number of anilines is 1. The molecule has 5 rings (SSSR count). The Kier molecular flexibility index (Phi) is 8.54. The number of aromatic nitrogens is 2. The molecule has 10 heteroatoms. The summed E-state index contributed by atoms with van der Waals surface area (Å²) >= 11 is 0. The first kappa shape index (κ1) is 28.0. The van der Waals surface area contributed by atoms with Crippen LogP contribution in [0.15, 0.2) is 36.7 Å². The molecule has 0 spiro atoms. The van der Waals surface area contributed by atoms with E-state index in [0.717, 1.165) is 56.7 Å². The summed E-state index contributed by atoms with van der Waals surface area (Å²) < 4.78 is 25.3. The molecule has 1 N–H and O–H groups in total. The zero-order valence-corrected chi connectivity index (χ0v) is 24.2. The van der Waals surface area contributed by atoms with Gasteiger partial charge in [0.2, 0.25) is 10.0 Å². The van der Waals surface area contributed by atoms with Gasteiger partial charge in [-0.2, -0.15) is 0 Å². The van der Waals surface area contributed by atoms with Gasteiger partial charge in [0.15, 0.2) is 0 Å². The Bertz CT molecular complexity index is 1230. The highest BCUT2D eigenvalue weighted by molar-refractivity contribution is 7.88. The molecule has 0 radical (unpaired) electrons. The first-order valence-corrected chi connectivity index (χ1v) is 16.1. The van der Waals surface area contributed by atoms with Gasteiger partial charge in [-0.15, -0.1) is 0 Å². The van der Waals surface area contributed by atoms with E-state index in [2.05, 4.69) is 50.5 Å². The quantitative estimate of drug-likeness (QED) is 0.534. The molecule has 3 heterocycles.